The first-order chi connectivity index (χ1) is 8.30. The molecule has 1 aromatic rings. The lowest BCUT2D eigenvalue weighted by Gasteiger charge is -2.20. The third-order valence-electron chi connectivity index (χ3n) is 2.89. The van der Waals surface area contributed by atoms with E-state index in [9.17, 15) is 5.11 Å². The summed E-state index contributed by atoms with van der Waals surface area (Å²) in [7, 11) is 0. The number of hydrogen-bond acceptors (Lipinski definition) is 2. The Morgan fingerprint density at radius 3 is 2.06 bits per heavy atom. The van der Waals surface area contributed by atoms with Crippen molar-refractivity contribution < 1.29 is 9.84 Å². The molecule has 18 heavy (non-hydrogen) atoms. The van der Waals surface area contributed by atoms with E-state index in [1.54, 1.807) is 0 Å². The molecule has 0 aliphatic carbocycles. The lowest BCUT2D eigenvalue weighted by atomic mass is 9.86. The van der Waals surface area contributed by atoms with Gasteiger partial charge in [-0.1, -0.05) is 58.9 Å². The van der Waals surface area contributed by atoms with E-state index in [-0.39, 0.29) is 5.41 Å². The van der Waals surface area contributed by atoms with Crippen LogP contribution < -0.4 is 0 Å². The van der Waals surface area contributed by atoms with Crippen molar-refractivity contribution in [2.45, 2.75) is 46.1 Å². The zero-order chi connectivity index (χ0) is 13.8. The SMILES string of the molecule is CC(C)COCC(O)c1ccc(C(C)(C)C)cc1. The molecule has 0 fully saturated rings. The van der Waals surface area contributed by atoms with Crippen LogP contribution in [0.2, 0.25) is 0 Å². The van der Waals surface area contributed by atoms with Crippen LogP contribution in [0.3, 0.4) is 0 Å². The maximum atomic E-state index is 10.0. The van der Waals surface area contributed by atoms with Crippen molar-refractivity contribution in [3.05, 3.63) is 35.4 Å². The highest BCUT2D eigenvalue weighted by molar-refractivity contribution is 5.28. The van der Waals surface area contributed by atoms with Gasteiger partial charge in [0.15, 0.2) is 0 Å². The Bertz CT molecular complexity index is 346. The molecule has 0 saturated heterocycles. The Morgan fingerprint density at radius 2 is 1.61 bits per heavy atom. The second kappa shape index (κ2) is 6.35. The number of hydrogen-bond donors (Lipinski definition) is 1. The Balaban J connectivity index is 2.56. The van der Waals surface area contributed by atoms with Gasteiger partial charge in [0.1, 0.15) is 6.10 Å². The van der Waals surface area contributed by atoms with Crippen LogP contribution in [0.15, 0.2) is 24.3 Å². The van der Waals surface area contributed by atoms with Gasteiger partial charge in [-0.25, -0.2) is 0 Å². The normalized spacial score (nSPS) is 13.9. The number of ether oxygens (including phenoxy) is 1. The van der Waals surface area contributed by atoms with Gasteiger partial charge in [-0.05, 0) is 22.5 Å². The fraction of sp³-hybridized carbons (Fsp3) is 0.625. The van der Waals surface area contributed by atoms with E-state index in [0.717, 1.165) is 5.56 Å². The van der Waals surface area contributed by atoms with E-state index in [1.807, 2.05) is 12.1 Å². The highest BCUT2D eigenvalue weighted by Crippen LogP contribution is 2.24. The van der Waals surface area contributed by atoms with Crippen LogP contribution in [-0.4, -0.2) is 18.3 Å². The molecule has 0 saturated carbocycles. The summed E-state index contributed by atoms with van der Waals surface area (Å²) < 4.78 is 5.46. The summed E-state index contributed by atoms with van der Waals surface area (Å²) in [4.78, 5) is 0. The van der Waals surface area contributed by atoms with Crippen molar-refractivity contribution in [1.82, 2.24) is 0 Å². The van der Waals surface area contributed by atoms with Crippen molar-refractivity contribution in [2.75, 3.05) is 13.2 Å². The first kappa shape index (κ1) is 15.2. The second-order valence-electron chi connectivity index (χ2n) is 6.32. The van der Waals surface area contributed by atoms with Crippen molar-refractivity contribution >= 4 is 0 Å². The topological polar surface area (TPSA) is 29.5 Å². The summed E-state index contributed by atoms with van der Waals surface area (Å²) in [6, 6.07) is 8.15. The molecule has 1 aromatic carbocycles. The average Bonchev–Trinajstić information content (AvgIpc) is 2.27. The zero-order valence-electron chi connectivity index (χ0n) is 12.2. The Labute approximate surface area is 111 Å². The Kier molecular flexibility index (Phi) is 5.36. The molecular formula is C16H26O2. The maximum Gasteiger partial charge on any atom is 0.102 e. The summed E-state index contributed by atoms with van der Waals surface area (Å²) in [6.45, 7) is 11.8. The molecule has 0 aliphatic heterocycles. The maximum absolute atomic E-state index is 10.0. The Morgan fingerprint density at radius 1 is 1.06 bits per heavy atom. The van der Waals surface area contributed by atoms with E-state index in [0.29, 0.717) is 19.1 Å². The number of benzene rings is 1. The summed E-state index contributed by atoms with van der Waals surface area (Å²) in [5.74, 6) is 0.500. The van der Waals surface area contributed by atoms with E-state index in [1.165, 1.54) is 5.56 Å². The van der Waals surface area contributed by atoms with Gasteiger partial charge >= 0.3 is 0 Å². The quantitative estimate of drug-likeness (QED) is 0.863. The first-order valence-corrected chi connectivity index (χ1v) is 6.67. The molecule has 1 rings (SSSR count). The number of aliphatic hydroxyl groups is 1. The molecule has 0 heterocycles. The molecule has 0 radical (unpaired) electrons. The highest BCUT2D eigenvalue weighted by Gasteiger charge is 2.14. The van der Waals surface area contributed by atoms with Crippen LogP contribution in [0.1, 0.15) is 51.8 Å². The lowest BCUT2D eigenvalue weighted by molar-refractivity contribution is 0.0250. The summed E-state index contributed by atoms with van der Waals surface area (Å²) in [6.07, 6.45) is -0.530. The molecule has 0 amide bonds. The van der Waals surface area contributed by atoms with Gasteiger partial charge in [0.2, 0.25) is 0 Å². The predicted molar refractivity (Wildman–Crippen MR) is 75.8 cm³/mol. The molecule has 0 bridgehead atoms. The van der Waals surface area contributed by atoms with Gasteiger partial charge in [-0.15, -0.1) is 0 Å². The fourth-order valence-corrected chi connectivity index (χ4v) is 1.72. The van der Waals surface area contributed by atoms with E-state index >= 15 is 0 Å². The average molecular weight is 250 g/mol. The van der Waals surface area contributed by atoms with Gasteiger partial charge < -0.3 is 9.84 Å². The van der Waals surface area contributed by atoms with Crippen LogP contribution in [0, 0.1) is 5.92 Å². The van der Waals surface area contributed by atoms with Crippen molar-refractivity contribution in [1.29, 1.82) is 0 Å². The van der Waals surface area contributed by atoms with Gasteiger partial charge in [0.25, 0.3) is 0 Å². The molecule has 1 unspecified atom stereocenters. The van der Waals surface area contributed by atoms with Crippen molar-refractivity contribution in [3.63, 3.8) is 0 Å². The number of rotatable bonds is 5. The van der Waals surface area contributed by atoms with Gasteiger partial charge in [0.05, 0.1) is 6.61 Å². The third kappa shape index (κ3) is 4.79. The lowest BCUT2D eigenvalue weighted by Crippen LogP contribution is -2.13. The van der Waals surface area contributed by atoms with Crippen LogP contribution in [-0.2, 0) is 10.2 Å². The zero-order valence-corrected chi connectivity index (χ0v) is 12.2. The minimum atomic E-state index is -0.530. The van der Waals surface area contributed by atoms with Crippen LogP contribution in [0.25, 0.3) is 0 Å². The fourth-order valence-electron chi connectivity index (χ4n) is 1.72. The van der Waals surface area contributed by atoms with Gasteiger partial charge in [-0.3, -0.25) is 0 Å². The molecule has 0 spiro atoms. The standard InChI is InChI=1S/C16H26O2/c1-12(2)10-18-11-15(17)13-6-8-14(9-7-13)16(3,4)5/h6-9,12,15,17H,10-11H2,1-5H3. The number of aliphatic hydroxyl groups excluding tert-OH is 1. The third-order valence-corrected chi connectivity index (χ3v) is 2.89. The first-order valence-electron chi connectivity index (χ1n) is 6.67. The van der Waals surface area contributed by atoms with Gasteiger partial charge in [-0.2, -0.15) is 0 Å². The van der Waals surface area contributed by atoms with Crippen LogP contribution in [0.5, 0.6) is 0 Å². The second-order valence-corrected chi connectivity index (χ2v) is 6.32. The molecule has 102 valence electrons. The van der Waals surface area contributed by atoms with Crippen molar-refractivity contribution in [3.8, 4) is 0 Å². The van der Waals surface area contributed by atoms with Crippen molar-refractivity contribution in [2.24, 2.45) is 5.92 Å². The van der Waals surface area contributed by atoms with Crippen LogP contribution in [0.4, 0.5) is 0 Å². The van der Waals surface area contributed by atoms with E-state index < -0.39 is 6.10 Å². The highest BCUT2D eigenvalue weighted by atomic mass is 16.5. The Hall–Kier alpha value is -0.860. The largest absolute Gasteiger partial charge is 0.386 e. The van der Waals surface area contributed by atoms with E-state index in [2.05, 4.69) is 46.8 Å². The molecule has 2 nitrogen and oxygen atoms in total. The monoisotopic (exact) mass is 250 g/mol. The van der Waals surface area contributed by atoms with E-state index in [4.69, 9.17) is 4.74 Å². The molecular weight excluding hydrogens is 224 g/mol. The predicted octanol–water partition coefficient (Wildman–Crippen LogP) is 3.69. The molecule has 1 atom stereocenters. The van der Waals surface area contributed by atoms with Crippen LogP contribution >= 0.6 is 0 Å². The molecule has 0 aliphatic rings. The molecule has 1 N–H and O–H groups in total. The summed E-state index contributed by atoms with van der Waals surface area (Å²) in [5, 5.41) is 10.0. The smallest absolute Gasteiger partial charge is 0.102 e. The summed E-state index contributed by atoms with van der Waals surface area (Å²) >= 11 is 0. The summed E-state index contributed by atoms with van der Waals surface area (Å²) in [5.41, 5.74) is 2.35. The molecule has 2 heteroatoms. The minimum absolute atomic E-state index is 0.150. The minimum Gasteiger partial charge on any atom is -0.386 e. The van der Waals surface area contributed by atoms with Gasteiger partial charge in [0, 0.05) is 6.61 Å². The molecule has 0 aromatic heterocycles.